The molecule has 3 aliphatic heterocycles. The van der Waals surface area contributed by atoms with Gasteiger partial charge >= 0.3 is 6.09 Å². The quantitative estimate of drug-likeness (QED) is 0.598. The molecule has 0 radical (unpaired) electrons. The van der Waals surface area contributed by atoms with E-state index in [1.54, 1.807) is 0 Å². The first kappa shape index (κ1) is 22.5. The fraction of sp³-hybridized carbons (Fsp3) is 0.519. The number of nitrogens with one attached hydrogen (secondary N) is 1. The molecule has 2 bridgehead atoms. The fourth-order valence-electron chi connectivity index (χ4n) is 5.82. The summed E-state index contributed by atoms with van der Waals surface area (Å²) in [6.45, 7) is 10.1. The van der Waals surface area contributed by atoms with Gasteiger partial charge in [0, 0.05) is 12.1 Å². The van der Waals surface area contributed by atoms with Crippen LogP contribution in [0.5, 0.6) is 5.75 Å². The lowest BCUT2D eigenvalue weighted by Crippen LogP contribution is -2.53. The number of ether oxygens (including phenoxy) is 2. The molecule has 0 aromatic heterocycles. The van der Waals surface area contributed by atoms with E-state index in [-0.39, 0.29) is 23.7 Å². The van der Waals surface area contributed by atoms with E-state index in [4.69, 9.17) is 21.1 Å². The van der Waals surface area contributed by atoms with Crippen LogP contribution in [0.25, 0.3) is 11.1 Å². The molecule has 6 rings (SSSR count). The van der Waals surface area contributed by atoms with Crippen molar-refractivity contribution in [3.8, 4) is 16.9 Å². The zero-order chi connectivity index (χ0) is 23.2. The number of piperidine rings is 3. The standard InChI is InChI=1S/C27H33ClN2O3/c1-4-32-20-6-8-21(23(28)14-20)18-5-7-22-19(13-18)15-27(2,3)25(22)29-26(31)33-24-16-30-11-9-17(24)10-12-30/h5-8,13-14,17,24-25H,4,9-12,15-16H2,1-3H3,(H,29,31)/t24-,25-/m0/s1. The van der Waals surface area contributed by atoms with Crippen molar-refractivity contribution in [3.63, 3.8) is 0 Å². The third-order valence-electron chi connectivity index (χ3n) is 7.56. The van der Waals surface area contributed by atoms with Gasteiger partial charge in [0.25, 0.3) is 0 Å². The molecule has 0 spiro atoms. The lowest BCUT2D eigenvalue weighted by molar-refractivity contribution is -0.0348. The molecule has 2 atom stereocenters. The Kier molecular flexibility index (Phi) is 6.04. The Bertz CT molecular complexity index is 1050. The number of rotatable bonds is 5. The van der Waals surface area contributed by atoms with E-state index in [9.17, 15) is 4.79 Å². The fourth-order valence-corrected chi connectivity index (χ4v) is 6.09. The van der Waals surface area contributed by atoms with E-state index in [1.807, 2.05) is 25.1 Å². The van der Waals surface area contributed by atoms with Crippen LogP contribution in [0.4, 0.5) is 4.79 Å². The number of benzene rings is 2. The molecule has 0 saturated carbocycles. The summed E-state index contributed by atoms with van der Waals surface area (Å²) in [6, 6.07) is 12.2. The Hall–Kier alpha value is -2.24. The number of hydrogen-bond donors (Lipinski definition) is 1. The van der Waals surface area contributed by atoms with E-state index in [0.29, 0.717) is 17.5 Å². The van der Waals surface area contributed by atoms with Gasteiger partial charge in [0.15, 0.2) is 0 Å². The van der Waals surface area contributed by atoms with Crippen molar-refractivity contribution in [2.24, 2.45) is 11.3 Å². The van der Waals surface area contributed by atoms with Gasteiger partial charge in [-0.05, 0) is 85.5 Å². The number of fused-ring (bicyclic) bond motifs is 4. The highest BCUT2D eigenvalue weighted by molar-refractivity contribution is 6.33. The number of carbonyl (C=O) groups is 1. The highest BCUT2D eigenvalue weighted by Gasteiger charge is 2.42. The SMILES string of the molecule is CCOc1ccc(-c2ccc3c(c2)CC(C)(C)[C@H]3NC(=O)O[C@H]2CN3CCC2CC3)c(Cl)c1. The summed E-state index contributed by atoms with van der Waals surface area (Å²) >= 11 is 6.57. The van der Waals surface area contributed by atoms with Crippen LogP contribution >= 0.6 is 11.6 Å². The minimum absolute atomic E-state index is 0.0145. The third-order valence-corrected chi connectivity index (χ3v) is 7.87. The lowest BCUT2D eigenvalue weighted by atomic mass is 9.85. The van der Waals surface area contributed by atoms with Gasteiger partial charge in [0.05, 0.1) is 17.7 Å². The Morgan fingerprint density at radius 3 is 2.64 bits per heavy atom. The van der Waals surface area contributed by atoms with Crippen molar-refractivity contribution in [2.75, 3.05) is 26.2 Å². The summed E-state index contributed by atoms with van der Waals surface area (Å²) in [5, 5.41) is 3.88. The molecule has 6 heteroatoms. The molecule has 3 fully saturated rings. The van der Waals surface area contributed by atoms with Gasteiger partial charge in [-0.3, -0.25) is 4.90 Å². The van der Waals surface area contributed by atoms with Crippen LogP contribution in [-0.4, -0.2) is 43.3 Å². The third kappa shape index (κ3) is 4.45. The van der Waals surface area contributed by atoms with Gasteiger partial charge in [0.2, 0.25) is 0 Å². The number of halogens is 1. The molecule has 2 aromatic carbocycles. The van der Waals surface area contributed by atoms with Gasteiger partial charge in [-0.25, -0.2) is 4.79 Å². The Balaban J connectivity index is 1.33. The molecule has 1 aliphatic carbocycles. The number of nitrogens with zero attached hydrogens (tertiary/aromatic N) is 1. The minimum atomic E-state index is -0.293. The number of carbonyl (C=O) groups excluding carboxylic acids is 1. The van der Waals surface area contributed by atoms with Gasteiger partial charge in [-0.15, -0.1) is 0 Å². The molecule has 5 nitrogen and oxygen atoms in total. The highest BCUT2D eigenvalue weighted by Crippen LogP contribution is 2.47. The molecule has 3 heterocycles. The van der Waals surface area contributed by atoms with Crippen molar-refractivity contribution < 1.29 is 14.3 Å². The Labute approximate surface area is 201 Å². The molecule has 0 unspecified atom stereocenters. The summed E-state index contributed by atoms with van der Waals surface area (Å²) < 4.78 is 11.5. The summed E-state index contributed by atoms with van der Waals surface area (Å²) in [4.78, 5) is 15.3. The van der Waals surface area contributed by atoms with Gasteiger partial charge in [-0.1, -0.05) is 43.6 Å². The maximum Gasteiger partial charge on any atom is 0.407 e. The van der Waals surface area contributed by atoms with Crippen molar-refractivity contribution in [2.45, 2.75) is 52.2 Å². The second-order valence-electron chi connectivity index (χ2n) is 10.3. The zero-order valence-corrected chi connectivity index (χ0v) is 20.5. The average molecular weight is 469 g/mol. The summed E-state index contributed by atoms with van der Waals surface area (Å²) in [7, 11) is 0. The smallest absolute Gasteiger partial charge is 0.407 e. The van der Waals surface area contributed by atoms with Crippen LogP contribution in [0.1, 0.15) is 50.8 Å². The van der Waals surface area contributed by atoms with Gasteiger partial charge < -0.3 is 14.8 Å². The second-order valence-corrected chi connectivity index (χ2v) is 10.7. The zero-order valence-electron chi connectivity index (χ0n) is 19.7. The van der Waals surface area contributed by atoms with Gasteiger partial charge in [0.1, 0.15) is 11.9 Å². The lowest BCUT2D eigenvalue weighted by Gasteiger charge is -2.44. The number of alkyl carbamates (subject to hydrolysis) is 1. The average Bonchev–Trinajstić information content (AvgIpc) is 3.03. The number of hydrogen-bond acceptors (Lipinski definition) is 4. The summed E-state index contributed by atoms with van der Waals surface area (Å²) in [6.07, 6.45) is 2.87. The predicted octanol–water partition coefficient (Wildman–Crippen LogP) is 5.85. The highest BCUT2D eigenvalue weighted by atomic mass is 35.5. The molecule has 4 aliphatic rings. The molecule has 1 N–H and O–H groups in total. The van der Waals surface area contributed by atoms with E-state index >= 15 is 0 Å². The molecule has 33 heavy (non-hydrogen) atoms. The van der Waals surface area contributed by atoms with Gasteiger partial charge in [-0.2, -0.15) is 0 Å². The second kappa shape index (κ2) is 8.84. The molecule has 1 amide bonds. The van der Waals surface area contributed by atoms with Crippen LogP contribution in [0.3, 0.4) is 0 Å². The van der Waals surface area contributed by atoms with E-state index in [0.717, 1.165) is 61.3 Å². The van der Waals surface area contributed by atoms with E-state index in [2.05, 4.69) is 42.3 Å². The monoisotopic (exact) mass is 468 g/mol. The molecular formula is C27H33ClN2O3. The number of amides is 1. The van der Waals surface area contributed by atoms with Crippen LogP contribution in [0, 0.1) is 11.3 Å². The predicted molar refractivity (Wildman–Crippen MR) is 131 cm³/mol. The topological polar surface area (TPSA) is 50.8 Å². The molecule has 2 aromatic rings. The maximum atomic E-state index is 12.9. The van der Waals surface area contributed by atoms with Crippen molar-refractivity contribution >= 4 is 17.7 Å². The summed E-state index contributed by atoms with van der Waals surface area (Å²) in [5.41, 5.74) is 4.37. The van der Waals surface area contributed by atoms with Crippen LogP contribution in [0.15, 0.2) is 36.4 Å². The van der Waals surface area contributed by atoms with Crippen LogP contribution in [-0.2, 0) is 11.2 Å². The Morgan fingerprint density at radius 2 is 1.97 bits per heavy atom. The van der Waals surface area contributed by atoms with E-state index in [1.165, 1.54) is 5.56 Å². The minimum Gasteiger partial charge on any atom is -0.494 e. The van der Waals surface area contributed by atoms with Crippen LogP contribution < -0.4 is 10.1 Å². The Morgan fingerprint density at radius 1 is 1.18 bits per heavy atom. The van der Waals surface area contributed by atoms with Crippen molar-refractivity contribution in [1.29, 1.82) is 0 Å². The van der Waals surface area contributed by atoms with Crippen molar-refractivity contribution in [3.05, 3.63) is 52.5 Å². The first-order valence-electron chi connectivity index (χ1n) is 12.1. The van der Waals surface area contributed by atoms with Crippen molar-refractivity contribution in [1.82, 2.24) is 10.2 Å². The first-order valence-corrected chi connectivity index (χ1v) is 12.5. The summed E-state index contributed by atoms with van der Waals surface area (Å²) in [5.74, 6) is 1.28. The molecule has 3 saturated heterocycles. The first-order chi connectivity index (χ1) is 15.8. The molecular weight excluding hydrogens is 436 g/mol. The normalized spacial score (nSPS) is 27.2. The van der Waals surface area contributed by atoms with E-state index < -0.39 is 0 Å². The van der Waals surface area contributed by atoms with Crippen LogP contribution in [0.2, 0.25) is 5.02 Å². The largest absolute Gasteiger partial charge is 0.494 e. The molecule has 176 valence electrons. The maximum absolute atomic E-state index is 12.9.